The van der Waals surface area contributed by atoms with Crippen LogP contribution < -0.4 is 5.32 Å². The molecule has 2 aromatic heterocycles. The van der Waals surface area contributed by atoms with Gasteiger partial charge in [0.25, 0.3) is 5.91 Å². The number of amides is 1. The average Bonchev–Trinajstić information content (AvgIpc) is 3.45. The number of carbonyl (C=O) groups excluding carboxylic acids is 1. The number of likely N-dealkylation sites (N-methyl/N-ethyl adjacent to an activating group) is 1. The molecule has 2 aromatic carbocycles. The molecule has 1 N–H and O–H groups in total. The molecule has 0 aliphatic carbocycles. The maximum absolute atomic E-state index is 13.2. The van der Waals surface area contributed by atoms with Crippen molar-refractivity contribution in [2.45, 2.75) is 6.04 Å². The lowest BCUT2D eigenvalue weighted by Gasteiger charge is -2.24. The van der Waals surface area contributed by atoms with Crippen molar-refractivity contribution < 1.29 is 4.79 Å². The van der Waals surface area contributed by atoms with Crippen molar-refractivity contribution in [2.24, 2.45) is 0 Å². The van der Waals surface area contributed by atoms with Crippen molar-refractivity contribution in [3.63, 3.8) is 0 Å². The van der Waals surface area contributed by atoms with E-state index in [0.717, 1.165) is 11.3 Å². The van der Waals surface area contributed by atoms with Gasteiger partial charge in [0.15, 0.2) is 0 Å². The first kappa shape index (κ1) is 20.1. The maximum atomic E-state index is 13.2. The Morgan fingerprint density at radius 1 is 1.07 bits per heavy atom. The molecule has 5 nitrogen and oxygen atoms in total. The van der Waals surface area contributed by atoms with Crippen LogP contribution in [0, 0.1) is 0 Å². The fraction of sp³-hybridized carbons (Fsp3) is 0.167. The van der Waals surface area contributed by atoms with Gasteiger partial charge in [0.2, 0.25) is 0 Å². The Morgan fingerprint density at radius 3 is 2.40 bits per heavy atom. The van der Waals surface area contributed by atoms with Crippen molar-refractivity contribution in [1.29, 1.82) is 0 Å². The van der Waals surface area contributed by atoms with E-state index in [2.05, 4.69) is 27.0 Å². The van der Waals surface area contributed by atoms with Crippen LogP contribution in [0.4, 0.5) is 0 Å². The van der Waals surface area contributed by atoms with E-state index < -0.39 is 0 Å². The summed E-state index contributed by atoms with van der Waals surface area (Å²) in [6.45, 7) is 0.521. The van der Waals surface area contributed by atoms with E-state index in [-0.39, 0.29) is 11.9 Å². The first-order valence-electron chi connectivity index (χ1n) is 9.80. The molecule has 4 aromatic rings. The van der Waals surface area contributed by atoms with Crippen molar-refractivity contribution in [3.8, 4) is 16.9 Å². The molecule has 0 unspecified atom stereocenters. The average molecular weight is 417 g/mol. The topological polar surface area (TPSA) is 50.2 Å². The van der Waals surface area contributed by atoms with Crippen molar-refractivity contribution in [3.05, 3.63) is 94.8 Å². The molecule has 0 aliphatic heterocycles. The Labute approximate surface area is 180 Å². The number of carbonyl (C=O) groups is 1. The Morgan fingerprint density at radius 2 is 1.77 bits per heavy atom. The Kier molecular flexibility index (Phi) is 6.07. The number of hydrogen-bond donors (Lipinski definition) is 1. The molecule has 0 spiro atoms. The molecule has 2 heterocycles. The first-order chi connectivity index (χ1) is 14.6. The standard InChI is InChI=1S/C24H24N4OS/c1-27(2)22(19-13-14-30-17-19)15-25-24(29)21-16-28(20-11-7-4-8-12-20)26-23(21)18-9-5-3-6-10-18/h3-14,16-17,22H,15H2,1-2H3,(H,25,29)/t22-/m1/s1. The van der Waals surface area contributed by atoms with Crippen LogP contribution in [0.25, 0.3) is 16.9 Å². The van der Waals surface area contributed by atoms with Crippen LogP contribution >= 0.6 is 11.3 Å². The van der Waals surface area contributed by atoms with Gasteiger partial charge in [0, 0.05) is 18.3 Å². The van der Waals surface area contributed by atoms with Crippen molar-refractivity contribution in [1.82, 2.24) is 20.0 Å². The summed E-state index contributed by atoms with van der Waals surface area (Å²) in [5.41, 5.74) is 4.27. The Bertz CT molecular complexity index is 1090. The predicted octanol–water partition coefficient (Wildman–Crippen LogP) is 4.63. The summed E-state index contributed by atoms with van der Waals surface area (Å²) >= 11 is 1.66. The molecule has 0 fully saturated rings. The molecular weight excluding hydrogens is 392 g/mol. The third-order valence-corrected chi connectivity index (χ3v) is 5.74. The van der Waals surface area contributed by atoms with Gasteiger partial charge in [-0.2, -0.15) is 16.4 Å². The van der Waals surface area contributed by atoms with Crippen LogP contribution in [0.1, 0.15) is 22.0 Å². The number of rotatable bonds is 7. The summed E-state index contributed by atoms with van der Waals surface area (Å²) in [5.74, 6) is -0.127. The highest BCUT2D eigenvalue weighted by molar-refractivity contribution is 7.08. The number of hydrogen-bond acceptors (Lipinski definition) is 4. The fourth-order valence-electron chi connectivity index (χ4n) is 3.41. The normalized spacial score (nSPS) is 12.1. The second-order valence-corrected chi connectivity index (χ2v) is 8.06. The molecule has 0 saturated carbocycles. The van der Waals surface area contributed by atoms with E-state index in [1.54, 1.807) is 16.0 Å². The number of thiophene rings is 1. The maximum Gasteiger partial charge on any atom is 0.255 e. The van der Waals surface area contributed by atoms with Gasteiger partial charge in [-0.1, -0.05) is 48.5 Å². The molecule has 6 heteroatoms. The van der Waals surface area contributed by atoms with E-state index in [1.807, 2.05) is 81.0 Å². The van der Waals surface area contributed by atoms with Gasteiger partial charge in [-0.25, -0.2) is 4.68 Å². The zero-order valence-corrected chi connectivity index (χ0v) is 17.8. The highest BCUT2D eigenvalue weighted by atomic mass is 32.1. The van der Waals surface area contributed by atoms with Crippen LogP contribution in [0.15, 0.2) is 83.7 Å². The largest absolute Gasteiger partial charge is 0.350 e. The molecule has 152 valence electrons. The fourth-order valence-corrected chi connectivity index (χ4v) is 4.12. The van der Waals surface area contributed by atoms with E-state index in [9.17, 15) is 4.79 Å². The number of para-hydroxylation sites is 1. The zero-order valence-electron chi connectivity index (χ0n) is 17.0. The van der Waals surface area contributed by atoms with Crippen LogP contribution in [0.3, 0.4) is 0 Å². The van der Waals surface area contributed by atoms with Gasteiger partial charge >= 0.3 is 0 Å². The van der Waals surface area contributed by atoms with Gasteiger partial charge in [-0.15, -0.1) is 0 Å². The monoisotopic (exact) mass is 416 g/mol. The van der Waals surface area contributed by atoms with Crippen LogP contribution in [-0.4, -0.2) is 41.2 Å². The lowest BCUT2D eigenvalue weighted by Crippen LogP contribution is -2.34. The molecule has 30 heavy (non-hydrogen) atoms. The van der Waals surface area contributed by atoms with Gasteiger partial charge in [0.05, 0.1) is 17.3 Å². The van der Waals surface area contributed by atoms with Gasteiger partial charge in [-0.3, -0.25) is 4.79 Å². The highest BCUT2D eigenvalue weighted by Crippen LogP contribution is 2.24. The second kappa shape index (κ2) is 9.07. The van der Waals surface area contributed by atoms with Gasteiger partial charge in [0.1, 0.15) is 5.69 Å². The minimum absolute atomic E-state index is 0.115. The quantitative estimate of drug-likeness (QED) is 0.478. The van der Waals surface area contributed by atoms with Crippen molar-refractivity contribution in [2.75, 3.05) is 20.6 Å². The summed E-state index contributed by atoms with van der Waals surface area (Å²) in [7, 11) is 4.05. The SMILES string of the molecule is CN(C)[C@H](CNC(=O)c1cn(-c2ccccc2)nc1-c1ccccc1)c1ccsc1. The van der Waals surface area contributed by atoms with E-state index in [0.29, 0.717) is 17.8 Å². The molecule has 0 bridgehead atoms. The molecule has 0 saturated heterocycles. The first-order valence-corrected chi connectivity index (χ1v) is 10.7. The second-order valence-electron chi connectivity index (χ2n) is 7.28. The molecular formula is C24H24N4OS. The summed E-state index contributed by atoms with van der Waals surface area (Å²) in [5, 5.41) is 12.0. The van der Waals surface area contributed by atoms with E-state index >= 15 is 0 Å². The van der Waals surface area contributed by atoms with E-state index in [4.69, 9.17) is 5.10 Å². The van der Waals surface area contributed by atoms with E-state index in [1.165, 1.54) is 5.56 Å². The van der Waals surface area contributed by atoms with Crippen LogP contribution in [0.2, 0.25) is 0 Å². The lowest BCUT2D eigenvalue weighted by molar-refractivity contribution is 0.0942. The molecule has 1 atom stereocenters. The van der Waals surface area contributed by atoms with Gasteiger partial charge in [-0.05, 0) is 48.6 Å². The van der Waals surface area contributed by atoms with Gasteiger partial charge < -0.3 is 10.2 Å². The number of nitrogens with one attached hydrogen (secondary N) is 1. The number of aromatic nitrogens is 2. The van der Waals surface area contributed by atoms with Crippen LogP contribution in [0.5, 0.6) is 0 Å². The smallest absolute Gasteiger partial charge is 0.255 e. The minimum Gasteiger partial charge on any atom is -0.350 e. The lowest BCUT2D eigenvalue weighted by atomic mass is 10.1. The summed E-state index contributed by atoms with van der Waals surface area (Å²) in [4.78, 5) is 15.3. The third kappa shape index (κ3) is 4.35. The zero-order chi connectivity index (χ0) is 20.9. The summed E-state index contributed by atoms with van der Waals surface area (Å²) in [6.07, 6.45) is 1.81. The molecule has 0 aliphatic rings. The van der Waals surface area contributed by atoms with Crippen LogP contribution in [-0.2, 0) is 0 Å². The minimum atomic E-state index is -0.127. The third-order valence-electron chi connectivity index (χ3n) is 5.03. The molecule has 1 amide bonds. The Balaban J connectivity index is 1.63. The number of benzene rings is 2. The molecule has 0 radical (unpaired) electrons. The molecule has 4 rings (SSSR count). The van der Waals surface area contributed by atoms with Crippen molar-refractivity contribution >= 4 is 17.2 Å². The summed E-state index contributed by atoms with van der Waals surface area (Å²) < 4.78 is 1.76. The number of nitrogens with zero attached hydrogens (tertiary/aromatic N) is 3. The Hall–Kier alpha value is -3.22. The summed E-state index contributed by atoms with van der Waals surface area (Å²) in [6, 6.07) is 21.9. The highest BCUT2D eigenvalue weighted by Gasteiger charge is 2.21. The predicted molar refractivity (Wildman–Crippen MR) is 122 cm³/mol.